The first-order valence-electron chi connectivity index (χ1n) is 7.48. The second-order valence-corrected chi connectivity index (χ2v) is 8.74. The average Bonchev–Trinajstić information content (AvgIpc) is 2.52. The van der Waals surface area contributed by atoms with E-state index in [-0.39, 0.29) is 22.6 Å². The molecule has 0 aromatic heterocycles. The molecule has 1 N–H and O–H groups in total. The Morgan fingerprint density at radius 3 is 2.25 bits per heavy atom. The largest absolute Gasteiger partial charge is 0.293 e. The van der Waals surface area contributed by atoms with Crippen molar-refractivity contribution in [2.24, 2.45) is 0 Å². The standard InChI is InChI=1S/C18H20ClNO3S/c1-18(2,3)14-7-9-16(10-8-14)24(22,23)20-12-17(21)13-5-4-6-15(19)11-13/h4-11,20H,12H2,1-3H3. The number of carbonyl (C=O) groups is 1. The van der Waals surface area contributed by atoms with E-state index in [1.807, 2.05) is 0 Å². The zero-order chi connectivity index (χ0) is 18.0. The van der Waals surface area contributed by atoms with E-state index in [2.05, 4.69) is 25.5 Å². The van der Waals surface area contributed by atoms with Crippen molar-refractivity contribution in [3.05, 3.63) is 64.7 Å². The van der Waals surface area contributed by atoms with Crippen molar-refractivity contribution in [1.82, 2.24) is 4.72 Å². The highest BCUT2D eigenvalue weighted by molar-refractivity contribution is 7.89. The first-order valence-corrected chi connectivity index (χ1v) is 9.35. The highest BCUT2D eigenvalue weighted by atomic mass is 35.5. The Morgan fingerprint density at radius 1 is 1.08 bits per heavy atom. The maximum absolute atomic E-state index is 12.3. The van der Waals surface area contributed by atoms with Gasteiger partial charge in [-0.25, -0.2) is 13.1 Å². The quantitative estimate of drug-likeness (QED) is 0.820. The van der Waals surface area contributed by atoms with Crippen LogP contribution in [0.5, 0.6) is 0 Å². The minimum absolute atomic E-state index is 0.0573. The Kier molecular flexibility index (Phi) is 5.48. The summed E-state index contributed by atoms with van der Waals surface area (Å²) in [5, 5.41) is 0.432. The van der Waals surface area contributed by atoms with Crippen molar-refractivity contribution in [2.45, 2.75) is 31.1 Å². The topological polar surface area (TPSA) is 63.2 Å². The third kappa shape index (κ3) is 4.66. The van der Waals surface area contributed by atoms with Crippen LogP contribution in [0.1, 0.15) is 36.7 Å². The zero-order valence-electron chi connectivity index (χ0n) is 13.8. The van der Waals surface area contributed by atoms with Gasteiger partial charge in [0.15, 0.2) is 5.78 Å². The number of rotatable bonds is 5. The van der Waals surface area contributed by atoms with E-state index >= 15 is 0 Å². The Balaban J connectivity index is 2.10. The van der Waals surface area contributed by atoms with Gasteiger partial charge in [-0.2, -0.15) is 0 Å². The molecule has 0 aliphatic carbocycles. The van der Waals surface area contributed by atoms with Crippen LogP contribution in [-0.4, -0.2) is 20.7 Å². The monoisotopic (exact) mass is 365 g/mol. The van der Waals surface area contributed by atoms with E-state index < -0.39 is 10.0 Å². The first-order chi connectivity index (χ1) is 11.1. The fourth-order valence-corrected chi connectivity index (χ4v) is 3.31. The lowest BCUT2D eigenvalue weighted by atomic mass is 9.87. The van der Waals surface area contributed by atoms with Crippen LogP contribution >= 0.6 is 11.6 Å². The molecule has 128 valence electrons. The number of nitrogens with one attached hydrogen (secondary N) is 1. The molecule has 0 unspecified atom stereocenters. The lowest BCUT2D eigenvalue weighted by molar-refractivity contribution is 0.0997. The van der Waals surface area contributed by atoms with Gasteiger partial charge in [0.2, 0.25) is 10.0 Å². The SMILES string of the molecule is CC(C)(C)c1ccc(S(=O)(=O)NCC(=O)c2cccc(Cl)c2)cc1. The number of halogens is 1. The number of carbonyl (C=O) groups excluding carboxylic acids is 1. The van der Waals surface area contributed by atoms with Crippen molar-refractivity contribution >= 4 is 27.4 Å². The second kappa shape index (κ2) is 7.05. The van der Waals surface area contributed by atoms with E-state index in [9.17, 15) is 13.2 Å². The van der Waals surface area contributed by atoms with Crippen LogP contribution in [0.4, 0.5) is 0 Å². The smallest absolute Gasteiger partial charge is 0.240 e. The van der Waals surface area contributed by atoms with Crippen LogP contribution < -0.4 is 4.72 Å². The zero-order valence-corrected chi connectivity index (χ0v) is 15.4. The molecular formula is C18H20ClNO3S. The average molecular weight is 366 g/mol. The molecule has 0 amide bonds. The van der Waals surface area contributed by atoms with E-state index in [0.29, 0.717) is 10.6 Å². The molecule has 0 atom stereocenters. The van der Waals surface area contributed by atoms with Gasteiger partial charge in [-0.1, -0.05) is 56.6 Å². The molecule has 2 rings (SSSR count). The lowest BCUT2D eigenvalue weighted by Gasteiger charge is -2.19. The fourth-order valence-electron chi connectivity index (χ4n) is 2.14. The molecule has 0 spiro atoms. The van der Waals surface area contributed by atoms with Crippen molar-refractivity contribution in [3.63, 3.8) is 0 Å². The van der Waals surface area contributed by atoms with Crippen LogP contribution in [0.15, 0.2) is 53.4 Å². The number of ketones is 1. The third-order valence-corrected chi connectivity index (χ3v) is 5.25. The predicted octanol–water partition coefficient (Wildman–Crippen LogP) is 3.80. The molecule has 6 heteroatoms. The summed E-state index contributed by atoms with van der Waals surface area (Å²) in [7, 11) is -3.74. The van der Waals surface area contributed by atoms with Crippen molar-refractivity contribution < 1.29 is 13.2 Å². The van der Waals surface area contributed by atoms with Crippen LogP contribution in [0.2, 0.25) is 5.02 Å². The van der Waals surface area contributed by atoms with Gasteiger partial charge in [-0.15, -0.1) is 0 Å². The van der Waals surface area contributed by atoms with Gasteiger partial charge in [-0.3, -0.25) is 4.79 Å². The van der Waals surface area contributed by atoms with Crippen molar-refractivity contribution in [1.29, 1.82) is 0 Å². The van der Waals surface area contributed by atoms with Crippen LogP contribution in [0, 0.1) is 0 Å². The summed E-state index contributed by atoms with van der Waals surface area (Å²) in [5.41, 5.74) is 1.35. The number of Topliss-reactive ketones (excluding diaryl/α,β-unsaturated/α-hetero) is 1. The molecule has 0 bridgehead atoms. The highest BCUT2D eigenvalue weighted by Gasteiger charge is 2.18. The maximum atomic E-state index is 12.3. The highest BCUT2D eigenvalue weighted by Crippen LogP contribution is 2.23. The summed E-state index contributed by atoms with van der Waals surface area (Å²) in [4.78, 5) is 12.2. The van der Waals surface area contributed by atoms with Crippen LogP contribution in [0.25, 0.3) is 0 Å². The Morgan fingerprint density at radius 2 is 1.71 bits per heavy atom. The predicted molar refractivity (Wildman–Crippen MR) is 96.1 cm³/mol. The fraction of sp³-hybridized carbons (Fsp3) is 0.278. The summed E-state index contributed by atoms with van der Waals surface area (Å²) < 4.78 is 26.9. The van der Waals surface area contributed by atoms with Gasteiger partial charge in [0.1, 0.15) is 0 Å². The molecule has 0 radical (unpaired) electrons. The number of hydrogen-bond donors (Lipinski definition) is 1. The normalized spacial score (nSPS) is 12.2. The van der Waals surface area contributed by atoms with Crippen molar-refractivity contribution in [2.75, 3.05) is 6.54 Å². The summed E-state index contributed by atoms with van der Waals surface area (Å²) in [6.45, 7) is 5.85. The molecule has 4 nitrogen and oxygen atoms in total. The molecule has 0 saturated carbocycles. The molecule has 2 aromatic rings. The number of benzene rings is 2. The Labute approximate surface area is 147 Å². The van der Waals surface area contributed by atoms with Gasteiger partial charge in [-0.05, 0) is 35.2 Å². The summed E-state index contributed by atoms with van der Waals surface area (Å²) in [5.74, 6) is -0.340. The lowest BCUT2D eigenvalue weighted by Crippen LogP contribution is -2.29. The Bertz CT molecular complexity index is 837. The van der Waals surface area contributed by atoms with E-state index in [1.165, 1.54) is 6.07 Å². The summed E-state index contributed by atoms with van der Waals surface area (Å²) >= 11 is 5.84. The van der Waals surface area contributed by atoms with Crippen LogP contribution in [0.3, 0.4) is 0 Å². The van der Waals surface area contributed by atoms with E-state index in [0.717, 1.165) is 5.56 Å². The molecular weight excluding hydrogens is 346 g/mol. The van der Waals surface area contributed by atoms with Crippen molar-refractivity contribution in [3.8, 4) is 0 Å². The van der Waals surface area contributed by atoms with Gasteiger partial charge >= 0.3 is 0 Å². The van der Waals surface area contributed by atoms with Crippen LogP contribution in [-0.2, 0) is 15.4 Å². The molecule has 2 aromatic carbocycles. The minimum Gasteiger partial charge on any atom is -0.293 e. The van der Waals surface area contributed by atoms with Gasteiger partial charge in [0.25, 0.3) is 0 Å². The van der Waals surface area contributed by atoms with Gasteiger partial charge in [0, 0.05) is 10.6 Å². The molecule has 0 aliphatic heterocycles. The molecule has 0 heterocycles. The third-order valence-electron chi connectivity index (χ3n) is 3.60. The number of sulfonamides is 1. The Hall–Kier alpha value is -1.69. The van der Waals surface area contributed by atoms with E-state index in [4.69, 9.17) is 11.6 Å². The number of hydrogen-bond acceptors (Lipinski definition) is 3. The first kappa shape index (κ1) is 18.6. The van der Waals surface area contributed by atoms with E-state index in [1.54, 1.807) is 42.5 Å². The van der Waals surface area contributed by atoms with Gasteiger partial charge in [0.05, 0.1) is 11.4 Å². The molecule has 24 heavy (non-hydrogen) atoms. The second-order valence-electron chi connectivity index (χ2n) is 6.53. The molecule has 0 saturated heterocycles. The maximum Gasteiger partial charge on any atom is 0.240 e. The summed E-state index contributed by atoms with van der Waals surface area (Å²) in [6.07, 6.45) is 0. The molecule has 0 aliphatic rings. The molecule has 0 fully saturated rings. The summed E-state index contributed by atoms with van der Waals surface area (Å²) in [6, 6.07) is 13.1. The minimum atomic E-state index is -3.74. The van der Waals surface area contributed by atoms with Gasteiger partial charge < -0.3 is 0 Å².